The van der Waals surface area contributed by atoms with Crippen molar-refractivity contribution in [2.75, 3.05) is 13.2 Å². The third-order valence-corrected chi connectivity index (χ3v) is 12.4. The van der Waals surface area contributed by atoms with Gasteiger partial charge in [0.15, 0.2) is 6.10 Å². The van der Waals surface area contributed by atoms with Crippen molar-refractivity contribution in [2.45, 2.75) is 303 Å². The van der Waals surface area contributed by atoms with Crippen molar-refractivity contribution >= 4 is 17.9 Å². The minimum atomic E-state index is -0.779. The van der Waals surface area contributed by atoms with Gasteiger partial charge in [0.1, 0.15) is 13.2 Å². The number of ether oxygens (including phenoxy) is 3. The van der Waals surface area contributed by atoms with Crippen LogP contribution in [0.2, 0.25) is 0 Å². The molecule has 0 radical (unpaired) electrons. The Bertz CT molecular complexity index is 1080. The largest absolute Gasteiger partial charge is 0.462 e. The molecule has 0 aromatic heterocycles. The smallest absolute Gasteiger partial charge is 0.306 e. The normalized spacial score (nSPS) is 12.2. The van der Waals surface area contributed by atoms with Gasteiger partial charge in [-0.05, 0) is 57.8 Å². The molecule has 0 aliphatic heterocycles. The van der Waals surface area contributed by atoms with Gasteiger partial charge in [-0.2, -0.15) is 0 Å². The van der Waals surface area contributed by atoms with E-state index in [2.05, 4.69) is 57.2 Å². The first-order valence-electron chi connectivity index (χ1n) is 28.0. The van der Waals surface area contributed by atoms with Crippen LogP contribution >= 0.6 is 0 Å². The number of esters is 3. The summed E-state index contributed by atoms with van der Waals surface area (Å²) in [6.45, 7) is 6.63. The summed E-state index contributed by atoms with van der Waals surface area (Å²) in [4.78, 5) is 38.1. The lowest BCUT2D eigenvalue weighted by Crippen LogP contribution is -2.30. The summed E-state index contributed by atoms with van der Waals surface area (Å²) in [5, 5.41) is 0. The van der Waals surface area contributed by atoms with Crippen molar-refractivity contribution in [1.82, 2.24) is 0 Å². The Morgan fingerprint density at radius 1 is 0.312 bits per heavy atom. The highest BCUT2D eigenvalue weighted by Gasteiger charge is 2.19. The average Bonchev–Trinajstić information content (AvgIpc) is 3.29. The van der Waals surface area contributed by atoms with Crippen molar-refractivity contribution in [3.63, 3.8) is 0 Å². The van der Waals surface area contributed by atoms with Crippen LogP contribution in [0.15, 0.2) is 36.5 Å². The molecule has 0 fully saturated rings. The minimum Gasteiger partial charge on any atom is -0.462 e. The van der Waals surface area contributed by atoms with E-state index >= 15 is 0 Å². The lowest BCUT2D eigenvalue weighted by molar-refractivity contribution is -0.167. The van der Waals surface area contributed by atoms with Crippen LogP contribution in [0.3, 0.4) is 0 Å². The van der Waals surface area contributed by atoms with Crippen LogP contribution in [-0.2, 0) is 28.6 Å². The van der Waals surface area contributed by atoms with Gasteiger partial charge in [0.25, 0.3) is 0 Å². The Balaban J connectivity index is 4.36. The summed E-state index contributed by atoms with van der Waals surface area (Å²) in [7, 11) is 0. The Morgan fingerprint density at radius 2 is 0.562 bits per heavy atom. The Kier molecular flexibility index (Phi) is 51.3. The molecule has 0 aromatic carbocycles. The van der Waals surface area contributed by atoms with Gasteiger partial charge in [-0.1, -0.05) is 256 Å². The number of rotatable bonds is 51. The zero-order valence-electron chi connectivity index (χ0n) is 42.8. The fourth-order valence-electron chi connectivity index (χ4n) is 8.16. The molecule has 0 aromatic rings. The van der Waals surface area contributed by atoms with E-state index in [9.17, 15) is 14.4 Å². The van der Waals surface area contributed by atoms with E-state index in [4.69, 9.17) is 14.2 Å². The summed E-state index contributed by atoms with van der Waals surface area (Å²) in [5.41, 5.74) is 0. The number of unbranched alkanes of at least 4 members (excludes halogenated alkanes) is 34. The van der Waals surface area contributed by atoms with Gasteiger partial charge in [-0.15, -0.1) is 0 Å². The van der Waals surface area contributed by atoms with Crippen molar-refractivity contribution in [3.8, 4) is 0 Å². The molecule has 0 aliphatic carbocycles. The molecule has 64 heavy (non-hydrogen) atoms. The van der Waals surface area contributed by atoms with E-state index in [1.165, 1.54) is 173 Å². The van der Waals surface area contributed by atoms with Gasteiger partial charge in [-0.3, -0.25) is 14.4 Å². The van der Waals surface area contributed by atoms with Crippen LogP contribution in [0.1, 0.15) is 297 Å². The zero-order chi connectivity index (χ0) is 46.5. The molecule has 374 valence electrons. The van der Waals surface area contributed by atoms with E-state index < -0.39 is 6.10 Å². The van der Waals surface area contributed by atoms with Crippen molar-refractivity contribution in [3.05, 3.63) is 36.5 Å². The van der Waals surface area contributed by atoms with Crippen molar-refractivity contribution in [1.29, 1.82) is 0 Å². The number of allylic oxidation sites excluding steroid dienone is 6. The van der Waals surface area contributed by atoms with Crippen LogP contribution in [-0.4, -0.2) is 37.2 Å². The lowest BCUT2D eigenvalue weighted by atomic mass is 10.0. The maximum Gasteiger partial charge on any atom is 0.306 e. The number of carbonyl (C=O) groups excluding carboxylic acids is 3. The Morgan fingerprint density at radius 3 is 0.906 bits per heavy atom. The predicted molar refractivity (Wildman–Crippen MR) is 275 cm³/mol. The second-order valence-corrected chi connectivity index (χ2v) is 18.9. The summed E-state index contributed by atoms with van der Waals surface area (Å²) >= 11 is 0. The number of hydrogen-bond acceptors (Lipinski definition) is 6. The molecule has 0 saturated carbocycles. The van der Waals surface area contributed by atoms with Gasteiger partial charge >= 0.3 is 17.9 Å². The van der Waals surface area contributed by atoms with Gasteiger partial charge in [-0.25, -0.2) is 0 Å². The van der Waals surface area contributed by atoms with Crippen LogP contribution in [0.25, 0.3) is 0 Å². The fourth-order valence-corrected chi connectivity index (χ4v) is 8.16. The van der Waals surface area contributed by atoms with Gasteiger partial charge in [0, 0.05) is 19.3 Å². The molecule has 0 saturated heterocycles. The summed E-state index contributed by atoms with van der Waals surface area (Å²) in [6, 6.07) is 0. The van der Waals surface area contributed by atoms with Crippen LogP contribution < -0.4 is 0 Å². The molecule has 0 rings (SSSR count). The first-order valence-corrected chi connectivity index (χ1v) is 28.0. The Labute approximate surface area is 397 Å². The maximum absolute atomic E-state index is 12.8. The molecule has 0 aliphatic rings. The van der Waals surface area contributed by atoms with Crippen molar-refractivity contribution in [2.24, 2.45) is 0 Å². The maximum atomic E-state index is 12.8. The molecular formula is C58H106O6. The van der Waals surface area contributed by atoms with Gasteiger partial charge in [0.2, 0.25) is 0 Å². The standard InChI is InChI=1S/C58H106O6/c1-4-7-10-13-16-19-22-25-27-29-31-33-36-39-42-45-48-51-57(60)63-54-55(53-62-56(59)50-47-44-41-38-35-24-21-18-15-12-9-6-3)64-58(61)52-49-46-43-40-37-34-32-30-28-26-23-20-17-14-11-8-5-2/h17,20,26,28,32,34,55H,4-16,18-19,21-25,27,29-31,33,35-54H2,1-3H3/b20-17-,28-26-,34-32-/t55-/m0/s1. The molecule has 0 spiro atoms. The summed E-state index contributed by atoms with van der Waals surface area (Å²) < 4.78 is 16.8. The van der Waals surface area contributed by atoms with Crippen LogP contribution in [0, 0.1) is 0 Å². The number of hydrogen-bond donors (Lipinski definition) is 0. The number of carbonyl (C=O) groups is 3. The molecule has 6 nitrogen and oxygen atoms in total. The van der Waals surface area contributed by atoms with E-state index in [0.717, 1.165) is 83.5 Å². The quantitative estimate of drug-likeness (QED) is 0.0262. The van der Waals surface area contributed by atoms with Gasteiger partial charge in [0.05, 0.1) is 0 Å². The van der Waals surface area contributed by atoms with Crippen LogP contribution in [0.5, 0.6) is 0 Å². The van der Waals surface area contributed by atoms with E-state index in [1.54, 1.807) is 0 Å². The molecule has 6 heteroatoms. The Hall–Kier alpha value is -2.37. The molecular weight excluding hydrogens is 793 g/mol. The highest BCUT2D eigenvalue weighted by molar-refractivity contribution is 5.71. The van der Waals surface area contributed by atoms with E-state index in [1.807, 2.05) is 0 Å². The highest BCUT2D eigenvalue weighted by atomic mass is 16.6. The SMILES string of the molecule is CCCCC/C=C\C/C=C\C/C=C\CCCCCCC(=O)O[C@@H](COC(=O)CCCCCCCCCCCCCC)COC(=O)CCCCCCCCCCCCCCCCCCC. The third-order valence-electron chi connectivity index (χ3n) is 12.4. The highest BCUT2D eigenvalue weighted by Crippen LogP contribution is 2.16. The lowest BCUT2D eigenvalue weighted by Gasteiger charge is -2.18. The van der Waals surface area contributed by atoms with Crippen LogP contribution in [0.4, 0.5) is 0 Å². The molecule has 0 heterocycles. The monoisotopic (exact) mass is 899 g/mol. The predicted octanol–water partition coefficient (Wildman–Crippen LogP) is 18.5. The second-order valence-electron chi connectivity index (χ2n) is 18.9. The van der Waals surface area contributed by atoms with Gasteiger partial charge < -0.3 is 14.2 Å². The third kappa shape index (κ3) is 50.6. The van der Waals surface area contributed by atoms with E-state index in [0.29, 0.717) is 19.3 Å². The van der Waals surface area contributed by atoms with E-state index in [-0.39, 0.29) is 31.1 Å². The molecule has 1 atom stereocenters. The molecule has 0 amide bonds. The van der Waals surface area contributed by atoms with Crippen molar-refractivity contribution < 1.29 is 28.6 Å². The topological polar surface area (TPSA) is 78.9 Å². The average molecular weight is 899 g/mol. The fraction of sp³-hybridized carbons (Fsp3) is 0.845. The zero-order valence-corrected chi connectivity index (χ0v) is 42.8. The minimum absolute atomic E-state index is 0.0767. The first kappa shape index (κ1) is 61.6. The summed E-state index contributed by atoms with van der Waals surface area (Å²) in [6.07, 6.45) is 62.7. The molecule has 0 bridgehead atoms. The second kappa shape index (κ2) is 53.2. The molecule has 0 unspecified atom stereocenters. The summed E-state index contributed by atoms with van der Waals surface area (Å²) in [5.74, 6) is -0.882. The molecule has 0 N–H and O–H groups in total. The first-order chi connectivity index (χ1) is 31.5.